The van der Waals surface area contributed by atoms with Crippen molar-refractivity contribution in [2.24, 2.45) is 11.3 Å². The zero-order chi connectivity index (χ0) is 25.3. The Balaban J connectivity index is 1.24. The molecule has 2 saturated heterocycles. The van der Waals surface area contributed by atoms with E-state index in [4.69, 9.17) is 27.9 Å². The van der Waals surface area contributed by atoms with Crippen LogP contribution in [0.15, 0.2) is 58.7 Å². The monoisotopic (exact) mass is 546 g/mol. The minimum atomic E-state index is -0.659. The number of carbonyl (C=O) groups excluding carboxylic acids is 1. The highest BCUT2D eigenvalue weighted by molar-refractivity contribution is 7.99. The van der Waals surface area contributed by atoms with Crippen molar-refractivity contribution in [1.29, 1.82) is 0 Å². The van der Waals surface area contributed by atoms with E-state index in [0.29, 0.717) is 32.0 Å². The normalized spacial score (nSPS) is 19.0. The van der Waals surface area contributed by atoms with Gasteiger partial charge in [-0.15, -0.1) is 0 Å². The summed E-state index contributed by atoms with van der Waals surface area (Å²) < 4.78 is 19.5. The van der Waals surface area contributed by atoms with Gasteiger partial charge in [0.05, 0.1) is 40.3 Å². The zero-order valence-electron chi connectivity index (χ0n) is 19.6. The van der Waals surface area contributed by atoms with Gasteiger partial charge in [-0.1, -0.05) is 54.0 Å². The summed E-state index contributed by atoms with van der Waals surface area (Å²) in [6.07, 6.45) is 5.72. The molecule has 2 aliphatic rings. The third-order valence-electron chi connectivity index (χ3n) is 7.12. The van der Waals surface area contributed by atoms with E-state index in [-0.39, 0.29) is 10.6 Å². The summed E-state index contributed by atoms with van der Waals surface area (Å²) in [5.41, 5.74) is 0.728. The van der Waals surface area contributed by atoms with Gasteiger partial charge in [-0.25, -0.2) is 14.4 Å². The Labute approximate surface area is 223 Å². The number of anilines is 2. The Morgan fingerprint density at radius 3 is 2.61 bits per heavy atom. The molecule has 1 atom stereocenters. The van der Waals surface area contributed by atoms with E-state index in [9.17, 15) is 9.18 Å². The van der Waals surface area contributed by atoms with Gasteiger partial charge in [0, 0.05) is 30.0 Å². The van der Waals surface area contributed by atoms with Crippen LogP contribution in [0.1, 0.15) is 30.1 Å². The van der Waals surface area contributed by atoms with Gasteiger partial charge in [0.25, 0.3) is 5.91 Å². The van der Waals surface area contributed by atoms with E-state index in [2.05, 4.69) is 27.1 Å². The lowest BCUT2D eigenvalue weighted by Crippen LogP contribution is -2.43. The molecule has 0 bridgehead atoms. The number of hydrogen-bond acceptors (Lipinski definition) is 6. The van der Waals surface area contributed by atoms with Crippen molar-refractivity contribution < 1.29 is 13.9 Å². The van der Waals surface area contributed by atoms with E-state index in [0.717, 1.165) is 45.0 Å². The summed E-state index contributed by atoms with van der Waals surface area (Å²) in [6.45, 7) is 5.89. The van der Waals surface area contributed by atoms with Crippen LogP contribution in [0.3, 0.4) is 0 Å². The van der Waals surface area contributed by atoms with Gasteiger partial charge in [0.15, 0.2) is 0 Å². The van der Waals surface area contributed by atoms with Crippen LogP contribution in [0.5, 0.6) is 0 Å². The van der Waals surface area contributed by atoms with Gasteiger partial charge >= 0.3 is 0 Å². The SMILES string of the molecule is C[C@@H]1COCC12CCN(c1cnc(Sc3cccc(NC(=O)c4cccc(F)c4Cl)c3Cl)cn1)CC2. The Morgan fingerprint density at radius 2 is 1.92 bits per heavy atom. The molecule has 3 heterocycles. The molecule has 1 amide bonds. The van der Waals surface area contributed by atoms with Crippen LogP contribution in [0.4, 0.5) is 15.9 Å². The average molecular weight is 547 g/mol. The fourth-order valence-corrected chi connectivity index (χ4v) is 6.05. The van der Waals surface area contributed by atoms with Crippen LogP contribution < -0.4 is 10.2 Å². The number of nitrogens with one attached hydrogen (secondary N) is 1. The molecule has 36 heavy (non-hydrogen) atoms. The van der Waals surface area contributed by atoms with Crippen LogP contribution in [0, 0.1) is 17.2 Å². The zero-order valence-corrected chi connectivity index (χ0v) is 22.0. The number of halogens is 3. The molecular weight excluding hydrogens is 522 g/mol. The van der Waals surface area contributed by atoms with E-state index in [1.54, 1.807) is 24.5 Å². The fourth-order valence-electron chi connectivity index (χ4n) is 4.77. The predicted octanol–water partition coefficient (Wildman–Crippen LogP) is 6.58. The van der Waals surface area contributed by atoms with Gasteiger partial charge in [-0.2, -0.15) is 0 Å². The molecule has 3 aromatic rings. The standard InChI is InChI=1S/C26H25Cl2FN4O2S/c1-16-14-35-15-26(16)8-10-33(11-9-26)21-12-31-22(13-30-21)36-20-7-3-6-19(24(20)28)32-25(34)17-4-2-5-18(29)23(17)27/h2-7,12-13,16H,8-11,14-15H2,1H3,(H,32,34)/t16-/m1/s1. The lowest BCUT2D eigenvalue weighted by molar-refractivity contribution is 0.102. The third-order valence-corrected chi connectivity index (χ3v) is 9.01. The molecule has 0 radical (unpaired) electrons. The second kappa shape index (κ2) is 10.5. The minimum absolute atomic E-state index is 0.0331. The summed E-state index contributed by atoms with van der Waals surface area (Å²) in [4.78, 5) is 24.8. The molecule has 188 valence electrons. The van der Waals surface area contributed by atoms with Crippen LogP contribution >= 0.6 is 35.0 Å². The first-order valence-electron chi connectivity index (χ1n) is 11.7. The van der Waals surface area contributed by atoms with Crippen molar-refractivity contribution in [3.8, 4) is 0 Å². The van der Waals surface area contributed by atoms with Gasteiger partial charge < -0.3 is 15.0 Å². The first-order chi connectivity index (χ1) is 17.4. The number of carbonyl (C=O) groups is 1. The van der Waals surface area contributed by atoms with Crippen molar-refractivity contribution in [2.75, 3.05) is 36.5 Å². The fraction of sp³-hybridized carbons (Fsp3) is 0.346. The van der Waals surface area contributed by atoms with Crippen LogP contribution in [-0.2, 0) is 4.74 Å². The number of piperidine rings is 1. The summed E-state index contributed by atoms with van der Waals surface area (Å²) in [7, 11) is 0. The van der Waals surface area contributed by atoms with Gasteiger partial charge in [0.2, 0.25) is 0 Å². The molecule has 10 heteroatoms. The number of ether oxygens (including phenoxy) is 1. The smallest absolute Gasteiger partial charge is 0.257 e. The molecule has 0 aliphatic carbocycles. The molecule has 2 aromatic carbocycles. The Morgan fingerprint density at radius 1 is 1.14 bits per heavy atom. The van der Waals surface area contributed by atoms with Gasteiger partial charge in [-0.3, -0.25) is 4.79 Å². The molecule has 5 rings (SSSR count). The van der Waals surface area contributed by atoms with E-state index >= 15 is 0 Å². The molecule has 0 saturated carbocycles. The molecule has 1 spiro atoms. The molecule has 2 fully saturated rings. The summed E-state index contributed by atoms with van der Waals surface area (Å²) in [5, 5.41) is 3.51. The van der Waals surface area contributed by atoms with E-state index < -0.39 is 11.7 Å². The van der Waals surface area contributed by atoms with E-state index in [1.807, 2.05) is 6.07 Å². The maximum absolute atomic E-state index is 13.7. The molecule has 6 nitrogen and oxygen atoms in total. The van der Waals surface area contributed by atoms with E-state index in [1.165, 1.54) is 30.0 Å². The quantitative estimate of drug-likeness (QED) is 0.389. The van der Waals surface area contributed by atoms with Crippen LogP contribution in [0.25, 0.3) is 0 Å². The van der Waals surface area contributed by atoms with Crippen molar-refractivity contribution in [3.63, 3.8) is 0 Å². The Hall–Kier alpha value is -2.39. The number of hydrogen-bond donors (Lipinski definition) is 1. The van der Waals surface area contributed by atoms with Crippen molar-refractivity contribution in [2.45, 2.75) is 29.7 Å². The summed E-state index contributed by atoms with van der Waals surface area (Å²) in [5.74, 6) is 0.253. The molecule has 1 aromatic heterocycles. The largest absolute Gasteiger partial charge is 0.381 e. The first-order valence-corrected chi connectivity index (χ1v) is 13.3. The highest BCUT2D eigenvalue weighted by atomic mass is 35.5. The van der Waals surface area contributed by atoms with Crippen LogP contribution in [0.2, 0.25) is 10.0 Å². The minimum Gasteiger partial charge on any atom is -0.381 e. The number of rotatable bonds is 5. The van der Waals surface area contributed by atoms with Crippen molar-refractivity contribution in [3.05, 3.63) is 70.2 Å². The number of nitrogens with zero attached hydrogens (tertiary/aromatic N) is 3. The molecule has 1 N–H and O–H groups in total. The lowest BCUT2D eigenvalue weighted by Gasteiger charge is -2.41. The molecular formula is C26H25Cl2FN4O2S. The van der Waals surface area contributed by atoms with Crippen molar-refractivity contribution >= 4 is 52.4 Å². The van der Waals surface area contributed by atoms with Crippen LogP contribution in [-0.4, -0.2) is 42.2 Å². The van der Waals surface area contributed by atoms with Gasteiger partial charge in [-0.05, 0) is 43.0 Å². The Bertz CT molecular complexity index is 1270. The number of amides is 1. The number of aromatic nitrogens is 2. The second-order valence-electron chi connectivity index (χ2n) is 9.25. The summed E-state index contributed by atoms with van der Waals surface area (Å²) >= 11 is 13.9. The third kappa shape index (κ3) is 5.05. The highest BCUT2D eigenvalue weighted by Gasteiger charge is 2.43. The number of benzene rings is 2. The predicted molar refractivity (Wildman–Crippen MR) is 141 cm³/mol. The maximum Gasteiger partial charge on any atom is 0.257 e. The first kappa shape index (κ1) is 25.3. The molecule has 0 unspecified atom stereocenters. The molecule has 2 aliphatic heterocycles. The highest BCUT2D eigenvalue weighted by Crippen LogP contribution is 2.44. The maximum atomic E-state index is 13.7. The lowest BCUT2D eigenvalue weighted by atomic mass is 9.72. The average Bonchev–Trinajstić information content (AvgIpc) is 3.23. The van der Waals surface area contributed by atoms with Gasteiger partial charge in [0.1, 0.15) is 16.7 Å². The Kier molecular flexibility index (Phi) is 7.40. The topological polar surface area (TPSA) is 67.3 Å². The van der Waals surface area contributed by atoms with Crippen molar-refractivity contribution in [1.82, 2.24) is 9.97 Å². The second-order valence-corrected chi connectivity index (χ2v) is 11.1. The summed E-state index contributed by atoms with van der Waals surface area (Å²) in [6, 6.07) is 9.36.